The average molecular weight is 190 g/mol. The van der Waals surface area contributed by atoms with Gasteiger partial charge in [-0.2, -0.15) is 0 Å². The molecule has 0 aliphatic heterocycles. The molecule has 4 aliphatic rings. The first-order valence-electron chi connectivity index (χ1n) is 6.38. The summed E-state index contributed by atoms with van der Waals surface area (Å²) in [6.07, 6.45) is 12.5. The molecule has 0 aromatic carbocycles. The van der Waals surface area contributed by atoms with E-state index in [4.69, 9.17) is 0 Å². The van der Waals surface area contributed by atoms with Gasteiger partial charge in [0.05, 0.1) is 0 Å². The third-order valence-corrected chi connectivity index (χ3v) is 5.41. The molecule has 4 rings (SSSR count). The van der Waals surface area contributed by atoms with Crippen molar-refractivity contribution in [3.05, 3.63) is 12.2 Å². The van der Waals surface area contributed by atoms with Crippen LogP contribution in [-0.2, 0) is 0 Å². The van der Waals surface area contributed by atoms with E-state index in [0.717, 1.165) is 23.7 Å². The van der Waals surface area contributed by atoms with Crippen LogP contribution < -0.4 is 0 Å². The van der Waals surface area contributed by atoms with E-state index in [1.165, 1.54) is 32.1 Å². The smallest absolute Gasteiger partial charge is 0.0115 e. The van der Waals surface area contributed by atoms with Crippen LogP contribution in [0.25, 0.3) is 0 Å². The molecule has 2 saturated carbocycles. The summed E-state index contributed by atoms with van der Waals surface area (Å²) in [5.74, 6) is 3.99. The Morgan fingerprint density at radius 2 is 2.07 bits per heavy atom. The lowest BCUT2D eigenvalue weighted by Gasteiger charge is -2.35. The Bertz CT molecular complexity index is 265. The Kier molecular flexibility index (Phi) is 1.84. The van der Waals surface area contributed by atoms with Gasteiger partial charge in [-0.1, -0.05) is 32.4 Å². The first-order chi connectivity index (χ1) is 6.69. The van der Waals surface area contributed by atoms with Gasteiger partial charge in [0.2, 0.25) is 0 Å². The standard InChI is InChI=1S/C14H22/c1-10-3-4-13-12(10)9-11-5-7-14(13,2)8-6-11/h5,7,10-13H,3-4,6,8-9H2,1-2H3/t10-,11-,12-,13+,14+/m1/s1. The SMILES string of the molecule is C[C@@H]1CC[C@H]2[C@@H]1C[C@@H]1C=C[C@@]2(C)CC1. The van der Waals surface area contributed by atoms with E-state index >= 15 is 0 Å². The number of fused-ring (bicyclic) bond motifs is 1. The molecule has 0 heterocycles. The lowest BCUT2D eigenvalue weighted by Crippen LogP contribution is -2.27. The van der Waals surface area contributed by atoms with Crippen molar-refractivity contribution >= 4 is 0 Å². The lowest BCUT2D eigenvalue weighted by atomic mass is 9.69. The normalized spacial score (nSPS) is 55.9. The Morgan fingerprint density at radius 1 is 1.21 bits per heavy atom. The molecule has 2 fully saturated rings. The fraction of sp³-hybridized carbons (Fsp3) is 0.857. The predicted octanol–water partition coefficient (Wildman–Crippen LogP) is 4.02. The second-order valence-corrected chi connectivity index (χ2v) is 6.22. The maximum Gasteiger partial charge on any atom is -0.0115 e. The van der Waals surface area contributed by atoms with E-state index in [-0.39, 0.29) is 0 Å². The lowest BCUT2D eigenvalue weighted by molar-refractivity contribution is 0.185. The highest BCUT2D eigenvalue weighted by Gasteiger charge is 2.47. The molecule has 0 heteroatoms. The molecule has 5 atom stereocenters. The molecule has 0 unspecified atom stereocenters. The van der Waals surface area contributed by atoms with Gasteiger partial charge >= 0.3 is 0 Å². The van der Waals surface area contributed by atoms with Crippen LogP contribution in [-0.4, -0.2) is 0 Å². The minimum atomic E-state index is 0.572. The summed E-state index contributed by atoms with van der Waals surface area (Å²) in [6.45, 7) is 5.00. The van der Waals surface area contributed by atoms with Crippen LogP contribution >= 0.6 is 0 Å². The van der Waals surface area contributed by atoms with Crippen LogP contribution in [0.5, 0.6) is 0 Å². The Morgan fingerprint density at radius 3 is 2.79 bits per heavy atom. The van der Waals surface area contributed by atoms with Crippen LogP contribution in [0.4, 0.5) is 0 Å². The average Bonchev–Trinajstić information content (AvgIpc) is 2.41. The van der Waals surface area contributed by atoms with Crippen molar-refractivity contribution in [2.75, 3.05) is 0 Å². The summed E-state index contributed by atoms with van der Waals surface area (Å²) in [5.41, 5.74) is 0.572. The van der Waals surface area contributed by atoms with Crippen LogP contribution in [0.1, 0.15) is 46.0 Å². The van der Waals surface area contributed by atoms with Gasteiger partial charge < -0.3 is 0 Å². The molecule has 2 bridgehead atoms. The van der Waals surface area contributed by atoms with Crippen LogP contribution in [0.2, 0.25) is 0 Å². The van der Waals surface area contributed by atoms with E-state index in [1.807, 2.05) is 0 Å². The summed E-state index contributed by atoms with van der Waals surface area (Å²) in [7, 11) is 0. The second kappa shape index (κ2) is 2.87. The molecule has 4 aliphatic carbocycles. The molecule has 0 saturated heterocycles. The first kappa shape index (κ1) is 9.00. The highest BCUT2D eigenvalue weighted by atomic mass is 14.5. The third-order valence-electron chi connectivity index (χ3n) is 5.41. The van der Waals surface area contributed by atoms with Crippen LogP contribution in [0.15, 0.2) is 12.2 Å². The molecule has 0 spiro atoms. The molecule has 0 aromatic rings. The van der Waals surface area contributed by atoms with Crippen molar-refractivity contribution in [2.24, 2.45) is 29.1 Å². The number of hydrogen-bond donors (Lipinski definition) is 0. The van der Waals surface area contributed by atoms with Gasteiger partial charge in [0.15, 0.2) is 0 Å². The molecule has 0 radical (unpaired) electrons. The summed E-state index contributed by atoms with van der Waals surface area (Å²) in [4.78, 5) is 0. The first-order valence-corrected chi connectivity index (χ1v) is 6.38. The van der Waals surface area contributed by atoms with Gasteiger partial charge in [0.1, 0.15) is 0 Å². The summed E-state index contributed by atoms with van der Waals surface area (Å²) in [6, 6.07) is 0. The topological polar surface area (TPSA) is 0 Å². The maximum atomic E-state index is 2.57. The molecule has 0 N–H and O–H groups in total. The highest BCUT2D eigenvalue weighted by molar-refractivity contribution is 5.13. The van der Waals surface area contributed by atoms with Crippen molar-refractivity contribution in [1.82, 2.24) is 0 Å². The zero-order valence-electron chi connectivity index (χ0n) is 9.50. The molecule has 0 amide bonds. The molecule has 78 valence electrons. The minimum absolute atomic E-state index is 0.572. The van der Waals surface area contributed by atoms with Crippen molar-refractivity contribution < 1.29 is 0 Å². The van der Waals surface area contributed by atoms with Crippen molar-refractivity contribution in [3.63, 3.8) is 0 Å². The number of rotatable bonds is 0. The van der Waals surface area contributed by atoms with Crippen LogP contribution in [0, 0.1) is 29.1 Å². The Hall–Kier alpha value is -0.260. The maximum absolute atomic E-state index is 2.57. The monoisotopic (exact) mass is 190 g/mol. The van der Waals surface area contributed by atoms with Crippen molar-refractivity contribution in [3.8, 4) is 0 Å². The van der Waals surface area contributed by atoms with Gasteiger partial charge in [0.25, 0.3) is 0 Å². The van der Waals surface area contributed by atoms with Gasteiger partial charge in [-0.25, -0.2) is 0 Å². The predicted molar refractivity (Wildman–Crippen MR) is 60.0 cm³/mol. The highest BCUT2D eigenvalue weighted by Crippen LogP contribution is 2.57. The van der Waals surface area contributed by atoms with Gasteiger partial charge in [-0.3, -0.25) is 0 Å². The molecular formula is C14H22. The van der Waals surface area contributed by atoms with E-state index in [9.17, 15) is 0 Å². The molecule has 0 nitrogen and oxygen atoms in total. The minimum Gasteiger partial charge on any atom is -0.0849 e. The zero-order chi connectivity index (χ0) is 9.76. The number of allylic oxidation sites excluding steroid dienone is 2. The largest absolute Gasteiger partial charge is 0.0849 e. The van der Waals surface area contributed by atoms with Gasteiger partial charge in [-0.15, -0.1) is 0 Å². The van der Waals surface area contributed by atoms with E-state index in [1.54, 1.807) is 0 Å². The third kappa shape index (κ3) is 1.12. The molecular weight excluding hydrogens is 168 g/mol. The number of hydrogen-bond acceptors (Lipinski definition) is 0. The van der Waals surface area contributed by atoms with Crippen LogP contribution in [0.3, 0.4) is 0 Å². The quantitative estimate of drug-likeness (QED) is 0.506. The summed E-state index contributed by atoms with van der Waals surface area (Å²) in [5, 5.41) is 0. The van der Waals surface area contributed by atoms with Crippen molar-refractivity contribution in [2.45, 2.75) is 46.0 Å². The van der Waals surface area contributed by atoms with Gasteiger partial charge in [-0.05, 0) is 54.8 Å². The molecule has 0 aromatic heterocycles. The summed E-state index contributed by atoms with van der Waals surface area (Å²) >= 11 is 0. The van der Waals surface area contributed by atoms with Crippen molar-refractivity contribution in [1.29, 1.82) is 0 Å². The van der Waals surface area contributed by atoms with E-state index in [0.29, 0.717) is 5.41 Å². The fourth-order valence-corrected chi connectivity index (χ4v) is 4.37. The summed E-state index contributed by atoms with van der Waals surface area (Å²) < 4.78 is 0. The fourth-order valence-electron chi connectivity index (χ4n) is 4.37. The van der Waals surface area contributed by atoms with E-state index in [2.05, 4.69) is 26.0 Å². The Labute approximate surface area is 87.8 Å². The van der Waals surface area contributed by atoms with E-state index < -0.39 is 0 Å². The zero-order valence-corrected chi connectivity index (χ0v) is 9.50. The molecule has 14 heavy (non-hydrogen) atoms. The van der Waals surface area contributed by atoms with Gasteiger partial charge in [0, 0.05) is 0 Å². The Balaban J connectivity index is 1.98. The second-order valence-electron chi connectivity index (χ2n) is 6.22.